The van der Waals surface area contributed by atoms with Gasteiger partial charge in [0, 0.05) is 37.0 Å². The fourth-order valence-corrected chi connectivity index (χ4v) is 3.55. The Balaban J connectivity index is 1.35. The zero-order valence-corrected chi connectivity index (χ0v) is 14.5. The maximum atomic E-state index is 12.6. The lowest BCUT2D eigenvalue weighted by Crippen LogP contribution is -2.38. The summed E-state index contributed by atoms with van der Waals surface area (Å²) in [6.07, 6.45) is 2.58. The van der Waals surface area contributed by atoms with Crippen molar-refractivity contribution in [1.29, 1.82) is 0 Å². The Hall–Kier alpha value is -3.08. The molecule has 0 saturated carbocycles. The summed E-state index contributed by atoms with van der Waals surface area (Å²) in [5.41, 5.74) is 2.00. The van der Waals surface area contributed by atoms with Crippen molar-refractivity contribution in [3.05, 3.63) is 66.9 Å². The number of fused-ring (bicyclic) bond motifs is 1. The number of hydrogen-bond acceptors (Lipinski definition) is 2. The largest absolute Gasteiger partial charge is 0.354 e. The zero-order valence-electron chi connectivity index (χ0n) is 14.5. The molecular formula is C21H21N3O2. The molecule has 0 spiro atoms. The minimum atomic E-state index is -0.586. The van der Waals surface area contributed by atoms with Crippen molar-refractivity contribution >= 4 is 28.4 Å². The van der Waals surface area contributed by atoms with Gasteiger partial charge in [-0.05, 0) is 36.1 Å². The number of rotatable bonds is 5. The Morgan fingerprint density at radius 2 is 1.81 bits per heavy atom. The van der Waals surface area contributed by atoms with E-state index in [1.807, 2.05) is 48.7 Å². The third-order valence-electron chi connectivity index (χ3n) is 4.92. The Morgan fingerprint density at radius 3 is 2.65 bits per heavy atom. The fourth-order valence-electron chi connectivity index (χ4n) is 3.55. The highest BCUT2D eigenvalue weighted by Crippen LogP contribution is 2.25. The zero-order chi connectivity index (χ0) is 17.9. The molecule has 1 atom stereocenters. The van der Waals surface area contributed by atoms with Gasteiger partial charge in [-0.3, -0.25) is 9.59 Å². The van der Waals surface area contributed by atoms with Gasteiger partial charge in [0.05, 0.1) is 0 Å². The van der Waals surface area contributed by atoms with Crippen LogP contribution in [-0.4, -0.2) is 29.5 Å². The molecule has 5 nitrogen and oxygen atoms in total. The SMILES string of the molecule is O=C(NCCn1ccc2ccccc21)C1CCN(c2ccccc2)C1=O. The predicted octanol–water partition coefficient (Wildman–Crippen LogP) is 2.81. The lowest BCUT2D eigenvalue weighted by Gasteiger charge is -2.16. The lowest BCUT2D eigenvalue weighted by atomic mass is 10.1. The highest BCUT2D eigenvalue weighted by Gasteiger charge is 2.37. The molecule has 1 aliphatic heterocycles. The maximum absolute atomic E-state index is 12.6. The van der Waals surface area contributed by atoms with Crippen LogP contribution in [-0.2, 0) is 16.1 Å². The monoisotopic (exact) mass is 347 g/mol. The van der Waals surface area contributed by atoms with Crippen LogP contribution < -0.4 is 10.2 Å². The van der Waals surface area contributed by atoms with E-state index in [-0.39, 0.29) is 11.8 Å². The average Bonchev–Trinajstić information content (AvgIpc) is 3.26. The van der Waals surface area contributed by atoms with Gasteiger partial charge in [0.15, 0.2) is 0 Å². The summed E-state index contributed by atoms with van der Waals surface area (Å²) in [6.45, 7) is 1.78. The van der Waals surface area contributed by atoms with Crippen LogP contribution in [0.1, 0.15) is 6.42 Å². The van der Waals surface area contributed by atoms with Crippen molar-refractivity contribution in [2.75, 3.05) is 18.0 Å². The Morgan fingerprint density at radius 1 is 1.04 bits per heavy atom. The number of carbonyl (C=O) groups excluding carboxylic acids is 2. The van der Waals surface area contributed by atoms with Gasteiger partial charge in [-0.1, -0.05) is 36.4 Å². The van der Waals surface area contributed by atoms with Crippen LogP contribution in [0.2, 0.25) is 0 Å². The minimum Gasteiger partial charge on any atom is -0.354 e. The Labute approximate surface area is 152 Å². The van der Waals surface area contributed by atoms with E-state index in [9.17, 15) is 9.59 Å². The summed E-state index contributed by atoms with van der Waals surface area (Å²) < 4.78 is 2.11. The van der Waals surface area contributed by atoms with Crippen LogP contribution in [0.15, 0.2) is 66.9 Å². The van der Waals surface area contributed by atoms with Crippen molar-refractivity contribution in [2.24, 2.45) is 5.92 Å². The molecule has 132 valence electrons. The molecule has 1 aliphatic rings. The molecule has 4 rings (SSSR count). The third kappa shape index (κ3) is 3.08. The number of carbonyl (C=O) groups is 2. The molecule has 0 aliphatic carbocycles. The van der Waals surface area contributed by atoms with Gasteiger partial charge in [-0.25, -0.2) is 0 Å². The van der Waals surface area contributed by atoms with Crippen LogP contribution in [0.25, 0.3) is 10.9 Å². The summed E-state index contributed by atoms with van der Waals surface area (Å²) >= 11 is 0. The van der Waals surface area contributed by atoms with E-state index in [1.54, 1.807) is 4.90 Å². The molecule has 26 heavy (non-hydrogen) atoms. The smallest absolute Gasteiger partial charge is 0.239 e. The number of nitrogens with one attached hydrogen (secondary N) is 1. The Kier molecular flexibility index (Phi) is 4.44. The van der Waals surface area contributed by atoms with E-state index >= 15 is 0 Å². The molecule has 0 bridgehead atoms. The van der Waals surface area contributed by atoms with Gasteiger partial charge < -0.3 is 14.8 Å². The second kappa shape index (κ2) is 7.04. The molecule has 0 radical (unpaired) electrons. The fraction of sp³-hybridized carbons (Fsp3) is 0.238. The number of hydrogen-bond donors (Lipinski definition) is 1. The molecule has 3 aromatic rings. The van der Waals surface area contributed by atoms with Crippen molar-refractivity contribution in [3.63, 3.8) is 0 Å². The van der Waals surface area contributed by atoms with Crippen molar-refractivity contribution in [2.45, 2.75) is 13.0 Å². The lowest BCUT2D eigenvalue weighted by molar-refractivity contribution is -0.132. The van der Waals surface area contributed by atoms with Crippen LogP contribution in [0, 0.1) is 5.92 Å². The van der Waals surface area contributed by atoms with Gasteiger partial charge in [0.1, 0.15) is 5.92 Å². The summed E-state index contributed by atoms with van der Waals surface area (Å²) in [6, 6.07) is 19.7. The first kappa shape index (κ1) is 16.4. The number of amides is 2. The summed E-state index contributed by atoms with van der Waals surface area (Å²) in [7, 11) is 0. The van der Waals surface area contributed by atoms with Crippen molar-refractivity contribution in [3.8, 4) is 0 Å². The first-order valence-corrected chi connectivity index (χ1v) is 8.92. The van der Waals surface area contributed by atoms with Crippen molar-refractivity contribution < 1.29 is 9.59 Å². The van der Waals surface area contributed by atoms with E-state index in [0.717, 1.165) is 11.2 Å². The highest BCUT2D eigenvalue weighted by atomic mass is 16.2. The maximum Gasteiger partial charge on any atom is 0.239 e. The van der Waals surface area contributed by atoms with Gasteiger partial charge in [-0.15, -0.1) is 0 Å². The molecular weight excluding hydrogens is 326 g/mol. The van der Waals surface area contributed by atoms with E-state index in [0.29, 0.717) is 26.1 Å². The summed E-state index contributed by atoms with van der Waals surface area (Å²) in [5, 5.41) is 4.11. The van der Waals surface area contributed by atoms with Gasteiger partial charge in [0.2, 0.25) is 11.8 Å². The quantitative estimate of drug-likeness (QED) is 0.722. The van der Waals surface area contributed by atoms with E-state index in [1.165, 1.54) is 5.39 Å². The van der Waals surface area contributed by atoms with Gasteiger partial charge >= 0.3 is 0 Å². The minimum absolute atomic E-state index is 0.111. The molecule has 1 fully saturated rings. The molecule has 1 N–H and O–H groups in total. The number of nitrogens with zero attached hydrogens (tertiary/aromatic N) is 2. The van der Waals surface area contributed by atoms with E-state index in [2.05, 4.69) is 28.1 Å². The van der Waals surface area contributed by atoms with E-state index < -0.39 is 5.92 Å². The molecule has 1 saturated heterocycles. The normalized spacial score (nSPS) is 17.0. The molecule has 1 aromatic heterocycles. The summed E-state index contributed by atoms with van der Waals surface area (Å²) in [4.78, 5) is 26.7. The number of benzene rings is 2. The third-order valence-corrected chi connectivity index (χ3v) is 4.92. The number of para-hydroxylation sites is 2. The second-order valence-electron chi connectivity index (χ2n) is 6.53. The Bertz CT molecular complexity index is 933. The van der Waals surface area contributed by atoms with Gasteiger partial charge in [-0.2, -0.15) is 0 Å². The van der Waals surface area contributed by atoms with Crippen LogP contribution in [0.4, 0.5) is 5.69 Å². The molecule has 2 aromatic carbocycles. The van der Waals surface area contributed by atoms with Crippen LogP contribution >= 0.6 is 0 Å². The van der Waals surface area contributed by atoms with Crippen molar-refractivity contribution in [1.82, 2.24) is 9.88 Å². The number of aromatic nitrogens is 1. The first-order chi connectivity index (χ1) is 12.7. The second-order valence-corrected chi connectivity index (χ2v) is 6.53. The number of anilines is 1. The van der Waals surface area contributed by atoms with Gasteiger partial charge in [0.25, 0.3) is 0 Å². The molecule has 5 heteroatoms. The standard InChI is InChI=1S/C21H21N3O2/c25-20(18-11-14-24(21(18)26)17-7-2-1-3-8-17)22-12-15-23-13-10-16-6-4-5-9-19(16)23/h1-10,13,18H,11-12,14-15H2,(H,22,25). The van der Waals surface area contributed by atoms with Crippen LogP contribution in [0.5, 0.6) is 0 Å². The van der Waals surface area contributed by atoms with E-state index in [4.69, 9.17) is 0 Å². The molecule has 1 unspecified atom stereocenters. The first-order valence-electron chi connectivity index (χ1n) is 8.92. The molecule has 2 heterocycles. The highest BCUT2D eigenvalue weighted by molar-refractivity contribution is 6.09. The predicted molar refractivity (Wildman–Crippen MR) is 102 cm³/mol. The van der Waals surface area contributed by atoms with Crippen LogP contribution in [0.3, 0.4) is 0 Å². The molecule has 2 amide bonds. The topological polar surface area (TPSA) is 54.3 Å². The summed E-state index contributed by atoms with van der Waals surface area (Å²) in [5.74, 6) is -0.874. The average molecular weight is 347 g/mol.